The van der Waals surface area contributed by atoms with Crippen LogP contribution in [0, 0.1) is 11.8 Å². The molecule has 0 aromatic heterocycles. The Morgan fingerprint density at radius 3 is 1.76 bits per heavy atom. The summed E-state index contributed by atoms with van der Waals surface area (Å²) >= 11 is 0. The van der Waals surface area contributed by atoms with Gasteiger partial charge in [0.05, 0.1) is 17.7 Å². The van der Waals surface area contributed by atoms with Crippen LogP contribution in [0.2, 0.25) is 0 Å². The van der Waals surface area contributed by atoms with Crippen LogP contribution < -0.4 is 0 Å². The van der Waals surface area contributed by atoms with Gasteiger partial charge in [0.25, 0.3) is 0 Å². The van der Waals surface area contributed by atoms with Gasteiger partial charge in [0, 0.05) is 5.92 Å². The number of benzene rings is 2. The number of hydrogen-bond acceptors (Lipinski definition) is 4. The molecule has 2 aromatic rings. The van der Waals surface area contributed by atoms with Crippen molar-refractivity contribution in [2.24, 2.45) is 11.8 Å². The molecular formula is C30H42O4. The molecule has 0 spiro atoms. The van der Waals surface area contributed by atoms with E-state index < -0.39 is 0 Å². The minimum absolute atomic E-state index is 0.157. The minimum Gasteiger partial charge on any atom is -0.462 e. The van der Waals surface area contributed by atoms with E-state index in [0.717, 1.165) is 57.8 Å². The molecule has 0 aliphatic heterocycles. The van der Waals surface area contributed by atoms with Crippen LogP contribution in [-0.2, 0) is 9.47 Å². The molecular weight excluding hydrogens is 424 g/mol. The quantitative estimate of drug-likeness (QED) is 0.186. The summed E-state index contributed by atoms with van der Waals surface area (Å²) in [5.41, 5.74) is 1.14. The van der Waals surface area contributed by atoms with Crippen LogP contribution in [-0.4, -0.2) is 24.6 Å². The van der Waals surface area contributed by atoms with Gasteiger partial charge in [0.1, 0.15) is 6.10 Å². The van der Waals surface area contributed by atoms with Crippen LogP contribution in [0.1, 0.15) is 99.3 Å². The first-order chi connectivity index (χ1) is 16.6. The van der Waals surface area contributed by atoms with E-state index in [1.165, 1.54) is 0 Å². The topological polar surface area (TPSA) is 52.6 Å². The summed E-state index contributed by atoms with van der Waals surface area (Å²) in [6.45, 7) is 6.82. The van der Waals surface area contributed by atoms with Crippen molar-refractivity contribution in [1.29, 1.82) is 0 Å². The summed E-state index contributed by atoms with van der Waals surface area (Å²) in [7, 11) is 0. The molecule has 0 heterocycles. The molecule has 0 saturated heterocycles. The molecule has 0 aliphatic carbocycles. The van der Waals surface area contributed by atoms with E-state index in [0.29, 0.717) is 17.7 Å². The third-order valence-corrected chi connectivity index (χ3v) is 6.51. The highest BCUT2D eigenvalue weighted by atomic mass is 16.5. The monoisotopic (exact) mass is 466 g/mol. The zero-order chi connectivity index (χ0) is 24.6. The molecule has 0 fully saturated rings. The lowest BCUT2D eigenvalue weighted by Gasteiger charge is -2.33. The highest BCUT2D eigenvalue weighted by Gasteiger charge is 2.32. The molecule has 4 heteroatoms. The van der Waals surface area contributed by atoms with E-state index >= 15 is 0 Å². The standard InChI is InChI=1S/C30H42O4/c1-4-7-11-21-26(23-33-29(31)24-17-13-9-14-18-24)27(22-12-8-5-2)28(6-3)34-30(32)25-19-15-10-16-20-25/h9-10,13-20,26-28H,4-8,11-12,21-23H2,1-3H3. The third-order valence-electron chi connectivity index (χ3n) is 6.51. The van der Waals surface area contributed by atoms with Crippen LogP contribution >= 0.6 is 0 Å². The van der Waals surface area contributed by atoms with E-state index in [2.05, 4.69) is 20.8 Å². The maximum absolute atomic E-state index is 12.9. The molecule has 2 aromatic carbocycles. The van der Waals surface area contributed by atoms with Crippen molar-refractivity contribution in [2.45, 2.75) is 84.7 Å². The summed E-state index contributed by atoms with van der Waals surface area (Å²) in [6.07, 6.45) is 9.19. The molecule has 0 radical (unpaired) electrons. The predicted molar refractivity (Wildman–Crippen MR) is 138 cm³/mol. The van der Waals surface area contributed by atoms with Gasteiger partial charge in [-0.1, -0.05) is 95.7 Å². The van der Waals surface area contributed by atoms with Gasteiger partial charge in [-0.15, -0.1) is 0 Å². The van der Waals surface area contributed by atoms with Gasteiger partial charge in [0.2, 0.25) is 0 Å². The normalized spacial score (nSPS) is 13.6. The molecule has 0 N–H and O–H groups in total. The Labute approximate surface area is 206 Å². The van der Waals surface area contributed by atoms with Gasteiger partial charge in [-0.2, -0.15) is 0 Å². The molecule has 3 atom stereocenters. The lowest BCUT2D eigenvalue weighted by Crippen LogP contribution is -2.35. The molecule has 4 nitrogen and oxygen atoms in total. The summed E-state index contributed by atoms with van der Waals surface area (Å²) in [5.74, 6) is -0.251. The van der Waals surface area contributed by atoms with E-state index in [4.69, 9.17) is 9.47 Å². The fraction of sp³-hybridized carbons (Fsp3) is 0.533. The number of ether oxygens (including phenoxy) is 2. The van der Waals surface area contributed by atoms with Crippen LogP contribution in [0.3, 0.4) is 0 Å². The molecule has 0 amide bonds. The summed E-state index contributed by atoms with van der Waals surface area (Å²) < 4.78 is 11.9. The number of rotatable bonds is 16. The van der Waals surface area contributed by atoms with Crippen molar-refractivity contribution >= 4 is 11.9 Å². The van der Waals surface area contributed by atoms with Crippen molar-refractivity contribution in [3.8, 4) is 0 Å². The van der Waals surface area contributed by atoms with Crippen LogP contribution in [0.5, 0.6) is 0 Å². The van der Waals surface area contributed by atoms with E-state index in [9.17, 15) is 9.59 Å². The van der Waals surface area contributed by atoms with E-state index in [1.807, 2.05) is 36.4 Å². The second kappa shape index (κ2) is 16.1. The number of unbranched alkanes of at least 4 members (excludes halogenated alkanes) is 4. The minimum atomic E-state index is -0.289. The van der Waals surface area contributed by atoms with Crippen molar-refractivity contribution in [1.82, 2.24) is 0 Å². The fourth-order valence-corrected chi connectivity index (χ4v) is 4.53. The zero-order valence-corrected chi connectivity index (χ0v) is 21.2. The van der Waals surface area contributed by atoms with E-state index in [1.54, 1.807) is 24.3 Å². The summed E-state index contributed by atoms with van der Waals surface area (Å²) in [4.78, 5) is 25.5. The molecule has 186 valence electrons. The molecule has 0 bridgehead atoms. The Kier molecular flexibility index (Phi) is 13.1. The maximum Gasteiger partial charge on any atom is 0.338 e. The van der Waals surface area contributed by atoms with Crippen molar-refractivity contribution < 1.29 is 19.1 Å². The lowest BCUT2D eigenvalue weighted by atomic mass is 9.80. The number of esters is 2. The first-order valence-corrected chi connectivity index (χ1v) is 13.1. The number of hydrogen-bond donors (Lipinski definition) is 0. The third kappa shape index (κ3) is 9.32. The van der Waals surface area contributed by atoms with Crippen LogP contribution in [0.4, 0.5) is 0 Å². The Hall–Kier alpha value is -2.62. The SMILES string of the molecule is CCCCCC(COC(=O)c1ccccc1)C(CCCCC)C(CC)OC(=O)c1ccccc1. The maximum atomic E-state index is 12.9. The molecule has 0 aliphatic rings. The van der Waals surface area contributed by atoms with Crippen molar-refractivity contribution in [3.05, 3.63) is 71.8 Å². The van der Waals surface area contributed by atoms with E-state index in [-0.39, 0.29) is 29.9 Å². The van der Waals surface area contributed by atoms with Gasteiger partial charge in [-0.3, -0.25) is 0 Å². The average molecular weight is 467 g/mol. The highest BCUT2D eigenvalue weighted by Crippen LogP contribution is 2.32. The lowest BCUT2D eigenvalue weighted by molar-refractivity contribution is -0.0152. The van der Waals surface area contributed by atoms with Gasteiger partial charge < -0.3 is 9.47 Å². The first-order valence-electron chi connectivity index (χ1n) is 13.1. The second-order valence-corrected chi connectivity index (χ2v) is 9.10. The predicted octanol–water partition coefficient (Wildman–Crippen LogP) is 7.87. The Morgan fingerprint density at radius 2 is 1.24 bits per heavy atom. The summed E-state index contributed by atoms with van der Waals surface area (Å²) in [5, 5.41) is 0. The molecule has 2 rings (SSSR count). The van der Waals surface area contributed by atoms with Crippen LogP contribution in [0.15, 0.2) is 60.7 Å². The Bertz CT molecular complexity index is 818. The molecule has 34 heavy (non-hydrogen) atoms. The molecule has 0 saturated carbocycles. The summed E-state index contributed by atoms with van der Waals surface area (Å²) in [6, 6.07) is 18.3. The second-order valence-electron chi connectivity index (χ2n) is 9.10. The van der Waals surface area contributed by atoms with Crippen molar-refractivity contribution in [2.75, 3.05) is 6.61 Å². The smallest absolute Gasteiger partial charge is 0.338 e. The fourth-order valence-electron chi connectivity index (χ4n) is 4.53. The molecule has 3 unspecified atom stereocenters. The zero-order valence-electron chi connectivity index (χ0n) is 21.2. The Morgan fingerprint density at radius 1 is 0.706 bits per heavy atom. The van der Waals surface area contributed by atoms with Gasteiger partial charge in [0.15, 0.2) is 0 Å². The number of carbonyl (C=O) groups excluding carboxylic acids is 2. The highest BCUT2D eigenvalue weighted by molar-refractivity contribution is 5.89. The first kappa shape index (κ1) is 27.6. The van der Waals surface area contributed by atoms with Gasteiger partial charge in [-0.25, -0.2) is 9.59 Å². The van der Waals surface area contributed by atoms with Gasteiger partial charge in [-0.05, 0) is 49.4 Å². The van der Waals surface area contributed by atoms with Gasteiger partial charge >= 0.3 is 11.9 Å². The Balaban J connectivity index is 2.18. The van der Waals surface area contributed by atoms with Crippen LogP contribution in [0.25, 0.3) is 0 Å². The van der Waals surface area contributed by atoms with Crippen molar-refractivity contribution in [3.63, 3.8) is 0 Å². The largest absolute Gasteiger partial charge is 0.462 e. The average Bonchev–Trinajstić information content (AvgIpc) is 2.88. The number of carbonyl (C=O) groups is 2.